The number of carbonyl (C=O) groups is 4. The summed E-state index contributed by atoms with van der Waals surface area (Å²) in [5.41, 5.74) is 0.341. The van der Waals surface area contributed by atoms with Crippen LogP contribution in [0.15, 0.2) is 52.0 Å². The van der Waals surface area contributed by atoms with Crippen molar-refractivity contribution in [3.05, 3.63) is 54.0 Å². The molecule has 1 heterocycles. The highest BCUT2D eigenvalue weighted by molar-refractivity contribution is 7.89. The molecular formula is C17H16N2O8S. The van der Waals surface area contributed by atoms with E-state index in [-0.39, 0.29) is 16.4 Å². The largest absolute Gasteiger partial charge is 0.459 e. The second-order valence-electron chi connectivity index (χ2n) is 5.42. The number of hydrogen-bond acceptors (Lipinski definition) is 8. The molecule has 1 aromatic heterocycles. The van der Waals surface area contributed by atoms with Gasteiger partial charge in [-0.05, 0) is 31.2 Å². The summed E-state index contributed by atoms with van der Waals surface area (Å²) in [4.78, 5) is 45.8. The lowest BCUT2D eigenvalue weighted by Crippen LogP contribution is -2.36. The number of amides is 2. The lowest BCUT2D eigenvalue weighted by Gasteiger charge is -2.08. The van der Waals surface area contributed by atoms with Gasteiger partial charge in [-0.15, -0.1) is 0 Å². The van der Waals surface area contributed by atoms with E-state index in [0.29, 0.717) is 5.56 Å². The number of ether oxygens (including phenoxy) is 1. The fraction of sp³-hybridized carbons (Fsp3) is 0.176. The number of nitrogens with one attached hydrogen (secondary N) is 2. The highest BCUT2D eigenvalue weighted by atomic mass is 32.2. The molecule has 0 spiro atoms. The van der Waals surface area contributed by atoms with Crippen LogP contribution in [0.2, 0.25) is 0 Å². The number of esters is 1. The first-order valence-electron chi connectivity index (χ1n) is 7.83. The molecule has 0 aliphatic heterocycles. The van der Waals surface area contributed by atoms with Gasteiger partial charge in [0.2, 0.25) is 10.0 Å². The van der Waals surface area contributed by atoms with Crippen molar-refractivity contribution in [3.63, 3.8) is 0 Å². The number of ketones is 1. The third-order valence-electron chi connectivity index (χ3n) is 3.34. The number of benzene rings is 1. The molecule has 0 saturated carbocycles. The number of rotatable bonds is 8. The first kappa shape index (κ1) is 21.0. The topological polar surface area (TPSA) is 149 Å². The molecule has 1 aromatic carbocycles. The summed E-state index contributed by atoms with van der Waals surface area (Å²) in [6.45, 7) is -0.160. The molecule has 28 heavy (non-hydrogen) atoms. The van der Waals surface area contributed by atoms with E-state index in [2.05, 4.69) is 4.74 Å². The Morgan fingerprint density at radius 2 is 1.75 bits per heavy atom. The summed E-state index contributed by atoms with van der Waals surface area (Å²) < 4.78 is 35.6. The lowest BCUT2D eigenvalue weighted by molar-refractivity contribution is -0.147. The van der Waals surface area contributed by atoms with Gasteiger partial charge >= 0.3 is 5.97 Å². The number of imide groups is 1. The van der Waals surface area contributed by atoms with E-state index in [1.54, 1.807) is 0 Å². The van der Waals surface area contributed by atoms with Gasteiger partial charge in [-0.1, -0.05) is 12.1 Å². The van der Waals surface area contributed by atoms with Crippen LogP contribution >= 0.6 is 0 Å². The number of carbonyl (C=O) groups excluding carboxylic acids is 4. The molecule has 0 bridgehead atoms. The molecule has 2 rings (SSSR count). The molecule has 0 unspecified atom stereocenters. The maximum Gasteiger partial charge on any atom is 0.321 e. The van der Waals surface area contributed by atoms with Crippen LogP contribution in [0.3, 0.4) is 0 Å². The standard InChI is InChI=1S/C17H16N2O8S/c1-11(20)12-4-6-13(7-5-12)28(24,25)18-9-16(22)27-10-15(21)19-17(23)14-3-2-8-26-14/h2-8,18H,9-10H2,1H3,(H,19,21,23). The zero-order chi connectivity index (χ0) is 20.7. The molecule has 2 N–H and O–H groups in total. The Morgan fingerprint density at radius 3 is 2.32 bits per heavy atom. The molecule has 0 radical (unpaired) electrons. The van der Waals surface area contributed by atoms with Crippen molar-refractivity contribution in [1.29, 1.82) is 0 Å². The van der Waals surface area contributed by atoms with Crippen molar-refractivity contribution >= 4 is 33.6 Å². The van der Waals surface area contributed by atoms with E-state index >= 15 is 0 Å². The van der Waals surface area contributed by atoms with E-state index in [1.165, 1.54) is 49.6 Å². The number of hydrogen-bond donors (Lipinski definition) is 2. The monoisotopic (exact) mass is 408 g/mol. The summed E-state index contributed by atoms with van der Waals surface area (Å²) in [5.74, 6) is -3.05. The first-order valence-corrected chi connectivity index (χ1v) is 9.31. The Hall–Kier alpha value is -3.31. The van der Waals surface area contributed by atoms with Gasteiger partial charge < -0.3 is 9.15 Å². The average molecular weight is 408 g/mol. The van der Waals surface area contributed by atoms with E-state index in [0.717, 1.165) is 0 Å². The number of sulfonamides is 1. The van der Waals surface area contributed by atoms with Crippen molar-refractivity contribution in [2.75, 3.05) is 13.2 Å². The van der Waals surface area contributed by atoms with Crippen molar-refractivity contribution in [1.82, 2.24) is 10.0 Å². The Labute approximate surface area is 159 Å². The van der Waals surface area contributed by atoms with Gasteiger partial charge in [0, 0.05) is 5.56 Å². The average Bonchev–Trinajstić information content (AvgIpc) is 3.20. The molecule has 11 heteroatoms. The first-order chi connectivity index (χ1) is 13.2. The second kappa shape index (κ2) is 9.06. The van der Waals surface area contributed by atoms with Gasteiger partial charge in [0.15, 0.2) is 18.2 Å². The van der Waals surface area contributed by atoms with E-state index < -0.39 is 41.0 Å². The van der Waals surface area contributed by atoms with E-state index in [1.807, 2.05) is 10.0 Å². The van der Waals surface area contributed by atoms with Gasteiger partial charge in [0.1, 0.15) is 6.54 Å². The van der Waals surface area contributed by atoms with E-state index in [4.69, 9.17) is 4.42 Å². The van der Waals surface area contributed by atoms with Crippen LogP contribution in [-0.4, -0.2) is 45.1 Å². The van der Waals surface area contributed by atoms with Crippen molar-refractivity contribution in [2.24, 2.45) is 0 Å². The second-order valence-corrected chi connectivity index (χ2v) is 7.19. The van der Waals surface area contributed by atoms with Gasteiger partial charge in [-0.3, -0.25) is 24.5 Å². The van der Waals surface area contributed by atoms with Crippen molar-refractivity contribution < 1.29 is 36.7 Å². The maximum atomic E-state index is 12.1. The van der Waals surface area contributed by atoms with Crippen LogP contribution in [0.4, 0.5) is 0 Å². The summed E-state index contributed by atoms with van der Waals surface area (Å²) in [6.07, 6.45) is 1.25. The number of Topliss-reactive ketones (excluding diaryl/α,β-unsaturated/α-hetero) is 1. The zero-order valence-electron chi connectivity index (χ0n) is 14.6. The minimum absolute atomic E-state index is 0.0942. The van der Waals surface area contributed by atoms with Crippen LogP contribution in [0.5, 0.6) is 0 Å². The van der Waals surface area contributed by atoms with E-state index in [9.17, 15) is 27.6 Å². The van der Waals surface area contributed by atoms with Crippen LogP contribution in [-0.2, 0) is 24.3 Å². The highest BCUT2D eigenvalue weighted by Gasteiger charge is 2.18. The van der Waals surface area contributed by atoms with Crippen LogP contribution < -0.4 is 10.0 Å². The third-order valence-corrected chi connectivity index (χ3v) is 4.76. The van der Waals surface area contributed by atoms with Gasteiger partial charge in [-0.2, -0.15) is 4.72 Å². The molecule has 148 valence electrons. The SMILES string of the molecule is CC(=O)c1ccc(S(=O)(=O)NCC(=O)OCC(=O)NC(=O)c2ccco2)cc1. The maximum absolute atomic E-state index is 12.1. The normalized spacial score (nSPS) is 10.9. The molecular weight excluding hydrogens is 392 g/mol. The van der Waals surface area contributed by atoms with Crippen LogP contribution in [0.1, 0.15) is 27.8 Å². The Bertz CT molecular complexity index is 979. The summed E-state index contributed by atoms with van der Waals surface area (Å²) in [5, 5.41) is 1.94. The molecule has 0 atom stereocenters. The van der Waals surface area contributed by atoms with Gasteiger partial charge in [0.05, 0.1) is 11.2 Å². The van der Waals surface area contributed by atoms with Gasteiger partial charge in [-0.25, -0.2) is 8.42 Å². The minimum atomic E-state index is -4.01. The number of furan rings is 1. The zero-order valence-corrected chi connectivity index (χ0v) is 15.4. The van der Waals surface area contributed by atoms with Crippen LogP contribution in [0.25, 0.3) is 0 Å². The molecule has 0 fully saturated rings. The summed E-state index contributed by atoms with van der Waals surface area (Å²) in [6, 6.07) is 7.92. The molecule has 10 nitrogen and oxygen atoms in total. The van der Waals surface area contributed by atoms with Gasteiger partial charge in [0.25, 0.3) is 11.8 Å². The summed E-state index contributed by atoms with van der Waals surface area (Å²) >= 11 is 0. The molecule has 0 aliphatic rings. The predicted octanol–water partition coefficient (Wildman–Crippen LogP) is 0.260. The Kier molecular flexibility index (Phi) is 6.79. The molecule has 2 aromatic rings. The fourth-order valence-corrected chi connectivity index (χ4v) is 2.90. The summed E-state index contributed by atoms with van der Waals surface area (Å²) in [7, 11) is -4.01. The Morgan fingerprint density at radius 1 is 1.07 bits per heavy atom. The van der Waals surface area contributed by atoms with Crippen molar-refractivity contribution in [3.8, 4) is 0 Å². The van der Waals surface area contributed by atoms with Crippen LogP contribution in [0, 0.1) is 0 Å². The lowest BCUT2D eigenvalue weighted by atomic mass is 10.2. The quantitative estimate of drug-likeness (QED) is 0.467. The molecule has 2 amide bonds. The smallest absolute Gasteiger partial charge is 0.321 e. The predicted molar refractivity (Wildman–Crippen MR) is 93.8 cm³/mol. The minimum Gasteiger partial charge on any atom is -0.459 e. The third kappa shape index (κ3) is 5.86. The molecule has 0 aliphatic carbocycles. The highest BCUT2D eigenvalue weighted by Crippen LogP contribution is 2.10. The fourth-order valence-electron chi connectivity index (χ4n) is 1.94. The molecule has 0 saturated heterocycles. The Balaban J connectivity index is 1.80. The van der Waals surface area contributed by atoms with Crippen molar-refractivity contribution in [2.45, 2.75) is 11.8 Å².